The van der Waals surface area contributed by atoms with Crippen molar-refractivity contribution in [1.82, 2.24) is 0 Å². The quantitative estimate of drug-likeness (QED) is 0.825. The molecule has 2 atom stereocenters. The van der Waals surface area contributed by atoms with Crippen molar-refractivity contribution >= 4 is 11.8 Å². The summed E-state index contributed by atoms with van der Waals surface area (Å²) in [5.74, 6) is 1.99. The molecule has 2 unspecified atom stereocenters. The Balaban J connectivity index is 2.85. The van der Waals surface area contributed by atoms with Gasteiger partial charge in [0, 0.05) is 11.0 Å². The van der Waals surface area contributed by atoms with E-state index in [4.69, 9.17) is 9.47 Å². The summed E-state index contributed by atoms with van der Waals surface area (Å²) in [6.07, 6.45) is 0.524. The molecule has 1 N–H and O–H groups in total. The summed E-state index contributed by atoms with van der Waals surface area (Å²) in [7, 11) is 3.21. The van der Waals surface area contributed by atoms with Crippen LogP contribution in [0.5, 0.6) is 11.5 Å². The number of aliphatic hydroxyl groups is 1. The van der Waals surface area contributed by atoms with Gasteiger partial charge in [0.25, 0.3) is 0 Å². The molecule has 1 aromatic rings. The van der Waals surface area contributed by atoms with Gasteiger partial charge in [-0.2, -0.15) is 11.8 Å². The lowest BCUT2D eigenvalue weighted by atomic mass is 10.1. The Bertz CT molecular complexity index is 346. The van der Waals surface area contributed by atoms with Gasteiger partial charge in [-0.3, -0.25) is 0 Å². The second-order valence-electron chi connectivity index (χ2n) is 4.14. The zero-order chi connectivity index (χ0) is 13.5. The maximum Gasteiger partial charge on any atom is 0.128 e. The Labute approximate surface area is 113 Å². The maximum absolute atomic E-state index is 10.3. The molecule has 0 spiro atoms. The van der Waals surface area contributed by atoms with E-state index in [-0.39, 0.29) is 0 Å². The predicted octanol–water partition coefficient (Wildman–Crippen LogP) is 3.27. The molecule has 0 aromatic heterocycles. The SMILES string of the molecule is CCC(C)SCC(O)c1c(OC)cccc1OC. The highest BCUT2D eigenvalue weighted by atomic mass is 32.2. The summed E-state index contributed by atoms with van der Waals surface area (Å²) >= 11 is 1.76. The smallest absolute Gasteiger partial charge is 0.128 e. The van der Waals surface area contributed by atoms with Crippen LogP contribution in [-0.4, -0.2) is 30.3 Å². The molecule has 0 aliphatic carbocycles. The van der Waals surface area contributed by atoms with Crippen molar-refractivity contribution in [3.63, 3.8) is 0 Å². The minimum Gasteiger partial charge on any atom is -0.496 e. The lowest BCUT2D eigenvalue weighted by molar-refractivity contribution is 0.193. The highest BCUT2D eigenvalue weighted by molar-refractivity contribution is 7.99. The second-order valence-corrected chi connectivity index (χ2v) is 5.62. The Hall–Kier alpha value is -0.870. The molecule has 0 heterocycles. The van der Waals surface area contributed by atoms with Gasteiger partial charge in [0.2, 0.25) is 0 Å². The number of rotatable bonds is 7. The molecule has 18 heavy (non-hydrogen) atoms. The van der Waals surface area contributed by atoms with Crippen LogP contribution in [-0.2, 0) is 0 Å². The van der Waals surface area contributed by atoms with Gasteiger partial charge in [-0.05, 0) is 18.6 Å². The van der Waals surface area contributed by atoms with Gasteiger partial charge < -0.3 is 14.6 Å². The number of benzene rings is 1. The van der Waals surface area contributed by atoms with Crippen LogP contribution in [0.4, 0.5) is 0 Å². The van der Waals surface area contributed by atoms with E-state index in [0.29, 0.717) is 22.5 Å². The van der Waals surface area contributed by atoms with Crippen LogP contribution in [0.1, 0.15) is 31.9 Å². The highest BCUT2D eigenvalue weighted by Gasteiger charge is 2.19. The van der Waals surface area contributed by atoms with Crippen LogP contribution in [0.3, 0.4) is 0 Å². The molecule has 0 fully saturated rings. The Morgan fingerprint density at radius 1 is 1.22 bits per heavy atom. The Morgan fingerprint density at radius 3 is 2.22 bits per heavy atom. The van der Waals surface area contributed by atoms with Gasteiger partial charge in [-0.15, -0.1) is 0 Å². The van der Waals surface area contributed by atoms with Crippen LogP contribution in [0.2, 0.25) is 0 Å². The Morgan fingerprint density at radius 2 is 1.78 bits per heavy atom. The van der Waals surface area contributed by atoms with Gasteiger partial charge in [0.05, 0.1) is 25.9 Å². The summed E-state index contributed by atoms with van der Waals surface area (Å²) in [5, 5.41) is 10.8. The van der Waals surface area contributed by atoms with E-state index in [9.17, 15) is 5.11 Å². The Kier molecular flexibility index (Phi) is 6.36. The maximum atomic E-state index is 10.3. The molecule has 3 nitrogen and oxygen atoms in total. The fourth-order valence-corrected chi connectivity index (χ4v) is 2.58. The molecule has 0 saturated heterocycles. The van der Waals surface area contributed by atoms with Crippen LogP contribution < -0.4 is 9.47 Å². The number of aliphatic hydroxyl groups excluding tert-OH is 1. The lowest BCUT2D eigenvalue weighted by Crippen LogP contribution is -2.08. The molecular weight excluding hydrogens is 248 g/mol. The van der Waals surface area contributed by atoms with Gasteiger partial charge in [-0.1, -0.05) is 19.9 Å². The molecule has 1 rings (SSSR count). The molecule has 1 aromatic carbocycles. The average Bonchev–Trinajstić information content (AvgIpc) is 2.43. The number of thioether (sulfide) groups is 1. The molecule has 0 amide bonds. The summed E-state index contributed by atoms with van der Waals surface area (Å²) in [4.78, 5) is 0. The number of hydrogen-bond donors (Lipinski definition) is 1. The minimum absolute atomic E-state index is 0.542. The summed E-state index contributed by atoms with van der Waals surface area (Å²) in [6.45, 7) is 4.31. The van der Waals surface area contributed by atoms with Gasteiger partial charge in [0.1, 0.15) is 11.5 Å². The normalized spacial score (nSPS) is 14.1. The third-order valence-electron chi connectivity index (χ3n) is 2.91. The van der Waals surface area contributed by atoms with Crippen molar-refractivity contribution in [2.45, 2.75) is 31.6 Å². The third-order valence-corrected chi connectivity index (χ3v) is 4.32. The van der Waals surface area contributed by atoms with Gasteiger partial charge in [-0.25, -0.2) is 0 Å². The van der Waals surface area contributed by atoms with Crippen molar-refractivity contribution < 1.29 is 14.6 Å². The van der Waals surface area contributed by atoms with Crippen LogP contribution in [0.25, 0.3) is 0 Å². The highest BCUT2D eigenvalue weighted by Crippen LogP contribution is 2.36. The van der Waals surface area contributed by atoms with Crippen molar-refractivity contribution in [2.24, 2.45) is 0 Å². The van der Waals surface area contributed by atoms with E-state index < -0.39 is 6.10 Å². The molecular formula is C14H22O3S. The van der Waals surface area contributed by atoms with E-state index in [2.05, 4.69) is 13.8 Å². The van der Waals surface area contributed by atoms with E-state index in [1.54, 1.807) is 26.0 Å². The van der Waals surface area contributed by atoms with Crippen LogP contribution >= 0.6 is 11.8 Å². The standard InChI is InChI=1S/C14H22O3S/c1-5-10(2)18-9-11(15)14-12(16-3)7-6-8-13(14)17-4/h6-8,10-11,15H,5,9H2,1-4H3. The lowest BCUT2D eigenvalue weighted by Gasteiger charge is -2.19. The zero-order valence-electron chi connectivity index (χ0n) is 11.5. The molecule has 4 heteroatoms. The predicted molar refractivity (Wildman–Crippen MR) is 76.7 cm³/mol. The number of ether oxygens (including phenoxy) is 2. The van der Waals surface area contributed by atoms with Crippen molar-refractivity contribution in [3.05, 3.63) is 23.8 Å². The summed E-state index contributed by atoms with van der Waals surface area (Å²) in [6, 6.07) is 5.54. The first kappa shape index (κ1) is 15.2. The first-order valence-corrected chi connectivity index (χ1v) is 7.19. The molecule has 0 bridgehead atoms. The minimum atomic E-state index is -0.574. The number of methoxy groups -OCH3 is 2. The van der Waals surface area contributed by atoms with E-state index in [0.717, 1.165) is 12.0 Å². The average molecular weight is 270 g/mol. The fourth-order valence-electron chi connectivity index (χ4n) is 1.66. The largest absolute Gasteiger partial charge is 0.496 e. The topological polar surface area (TPSA) is 38.7 Å². The van der Waals surface area contributed by atoms with E-state index in [1.165, 1.54) is 0 Å². The van der Waals surface area contributed by atoms with Crippen molar-refractivity contribution in [2.75, 3.05) is 20.0 Å². The van der Waals surface area contributed by atoms with Crippen LogP contribution in [0, 0.1) is 0 Å². The van der Waals surface area contributed by atoms with Crippen molar-refractivity contribution in [1.29, 1.82) is 0 Å². The number of hydrogen-bond acceptors (Lipinski definition) is 4. The molecule has 0 aliphatic heterocycles. The monoisotopic (exact) mass is 270 g/mol. The first-order chi connectivity index (χ1) is 8.63. The molecule has 102 valence electrons. The molecule has 0 aliphatic rings. The van der Waals surface area contributed by atoms with Gasteiger partial charge >= 0.3 is 0 Å². The fraction of sp³-hybridized carbons (Fsp3) is 0.571. The van der Waals surface area contributed by atoms with Gasteiger partial charge in [0.15, 0.2) is 0 Å². The second kappa shape index (κ2) is 7.54. The summed E-state index contributed by atoms with van der Waals surface area (Å²) in [5.41, 5.74) is 0.735. The van der Waals surface area contributed by atoms with E-state index in [1.807, 2.05) is 18.2 Å². The molecule has 0 radical (unpaired) electrons. The van der Waals surface area contributed by atoms with Crippen LogP contribution in [0.15, 0.2) is 18.2 Å². The van der Waals surface area contributed by atoms with E-state index >= 15 is 0 Å². The zero-order valence-corrected chi connectivity index (χ0v) is 12.3. The van der Waals surface area contributed by atoms with Crippen molar-refractivity contribution in [3.8, 4) is 11.5 Å². The first-order valence-electron chi connectivity index (χ1n) is 6.14. The third kappa shape index (κ3) is 3.82. The molecule has 0 saturated carbocycles. The summed E-state index contributed by atoms with van der Waals surface area (Å²) < 4.78 is 10.6.